The highest BCUT2D eigenvalue weighted by molar-refractivity contribution is 6.31. The average Bonchev–Trinajstić information content (AvgIpc) is 2.48. The van der Waals surface area contributed by atoms with Crippen LogP contribution in [0.4, 0.5) is 0 Å². The van der Waals surface area contributed by atoms with Crippen LogP contribution in [0.1, 0.15) is 51.1 Å². The van der Waals surface area contributed by atoms with Crippen LogP contribution in [0.3, 0.4) is 0 Å². The number of benzene rings is 1. The normalized spacial score (nSPS) is 19.7. The maximum Gasteiger partial charge on any atom is 0.0453 e. The Hall–Kier alpha value is -0.570. The number of rotatable bonds is 6. The van der Waals surface area contributed by atoms with E-state index in [0.717, 1.165) is 24.7 Å². The van der Waals surface area contributed by atoms with Crippen molar-refractivity contribution in [3.05, 3.63) is 34.9 Å². The molecule has 1 aliphatic rings. The molecule has 1 unspecified atom stereocenters. The van der Waals surface area contributed by atoms with E-state index in [0.29, 0.717) is 11.5 Å². The average molecular weight is 309 g/mol. The maximum atomic E-state index is 6.37. The number of hydrogen-bond donors (Lipinski definition) is 1. The van der Waals surface area contributed by atoms with E-state index in [2.05, 4.69) is 43.2 Å². The van der Waals surface area contributed by atoms with Crippen molar-refractivity contribution in [3.63, 3.8) is 0 Å². The van der Waals surface area contributed by atoms with Crippen molar-refractivity contribution in [1.29, 1.82) is 0 Å². The molecule has 0 bridgehead atoms. The van der Waals surface area contributed by atoms with Crippen LogP contribution in [0, 0.1) is 5.41 Å². The monoisotopic (exact) mass is 308 g/mol. The van der Waals surface area contributed by atoms with Gasteiger partial charge in [-0.05, 0) is 63.4 Å². The highest BCUT2D eigenvalue weighted by Gasteiger charge is 2.33. The lowest BCUT2D eigenvalue weighted by atomic mass is 9.74. The number of nitrogens with zero attached hydrogens (tertiary/aromatic N) is 1. The topological polar surface area (TPSA) is 15.3 Å². The summed E-state index contributed by atoms with van der Waals surface area (Å²) in [6.45, 7) is 8.06. The van der Waals surface area contributed by atoms with Crippen molar-refractivity contribution >= 4 is 11.6 Å². The first-order valence-electron chi connectivity index (χ1n) is 8.23. The Morgan fingerprint density at radius 2 is 1.95 bits per heavy atom. The number of nitrogens with one attached hydrogen (secondary N) is 1. The molecule has 1 aliphatic heterocycles. The smallest absolute Gasteiger partial charge is 0.0453 e. The third-order valence-electron chi connectivity index (χ3n) is 5.05. The first kappa shape index (κ1) is 16.8. The highest BCUT2D eigenvalue weighted by atomic mass is 35.5. The molecule has 1 aromatic carbocycles. The second kappa shape index (κ2) is 7.62. The molecular formula is C18H29ClN2. The molecule has 0 amide bonds. The maximum absolute atomic E-state index is 6.37. The summed E-state index contributed by atoms with van der Waals surface area (Å²) in [5.74, 6) is 0. The molecule has 0 aromatic heterocycles. The van der Waals surface area contributed by atoms with Gasteiger partial charge in [-0.1, -0.05) is 43.1 Å². The first-order valence-corrected chi connectivity index (χ1v) is 8.61. The molecule has 3 heteroatoms. The molecule has 1 saturated heterocycles. The van der Waals surface area contributed by atoms with Gasteiger partial charge in [-0.2, -0.15) is 0 Å². The zero-order valence-electron chi connectivity index (χ0n) is 13.7. The first-order chi connectivity index (χ1) is 10.1. The van der Waals surface area contributed by atoms with Crippen molar-refractivity contribution in [3.8, 4) is 0 Å². The van der Waals surface area contributed by atoms with Crippen molar-refractivity contribution in [2.75, 3.05) is 26.7 Å². The Morgan fingerprint density at radius 3 is 2.57 bits per heavy atom. The molecule has 1 aromatic rings. The molecule has 0 spiro atoms. The molecule has 2 rings (SSSR count). The van der Waals surface area contributed by atoms with E-state index < -0.39 is 0 Å². The van der Waals surface area contributed by atoms with Crippen molar-refractivity contribution < 1.29 is 0 Å². The van der Waals surface area contributed by atoms with Crippen LogP contribution in [0.25, 0.3) is 0 Å². The molecule has 1 fully saturated rings. The van der Waals surface area contributed by atoms with Gasteiger partial charge in [0.2, 0.25) is 0 Å². The van der Waals surface area contributed by atoms with E-state index >= 15 is 0 Å². The Bertz CT molecular complexity index is 435. The molecule has 0 saturated carbocycles. The third kappa shape index (κ3) is 4.21. The Balaban J connectivity index is 2.08. The molecule has 1 heterocycles. The van der Waals surface area contributed by atoms with Crippen LogP contribution >= 0.6 is 11.6 Å². The van der Waals surface area contributed by atoms with Gasteiger partial charge in [0, 0.05) is 17.6 Å². The summed E-state index contributed by atoms with van der Waals surface area (Å²) >= 11 is 6.37. The predicted molar refractivity (Wildman–Crippen MR) is 91.9 cm³/mol. The molecular weight excluding hydrogens is 280 g/mol. The van der Waals surface area contributed by atoms with Crippen LogP contribution in [-0.2, 0) is 0 Å². The summed E-state index contributed by atoms with van der Waals surface area (Å²) in [6, 6.07) is 8.59. The van der Waals surface area contributed by atoms with Crippen LogP contribution < -0.4 is 5.32 Å². The third-order valence-corrected chi connectivity index (χ3v) is 5.39. The van der Waals surface area contributed by atoms with Crippen molar-refractivity contribution in [2.24, 2.45) is 5.41 Å². The lowest BCUT2D eigenvalue weighted by Gasteiger charge is -2.42. The van der Waals surface area contributed by atoms with E-state index in [-0.39, 0.29) is 0 Å². The fraction of sp³-hybridized carbons (Fsp3) is 0.667. The second-order valence-electron chi connectivity index (χ2n) is 6.61. The molecule has 0 aliphatic carbocycles. The van der Waals surface area contributed by atoms with Crippen LogP contribution in [-0.4, -0.2) is 31.6 Å². The van der Waals surface area contributed by atoms with E-state index in [1.165, 1.54) is 31.2 Å². The minimum atomic E-state index is 0.363. The zero-order valence-corrected chi connectivity index (χ0v) is 14.4. The summed E-state index contributed by atoms with van der Waals surface area (Å²) in [6.07, 6.45) is 5.18. The lowest BCUT2D eigenvalue weighted by Crippen LogP contribution is -2.44. The molecule has 1 atom stereocenters. The number of piperidine rings is 1. The van der Waals surface area contributed by atoms with Gasteiger partial charge in [0.15, 0.2) is 0 Å². The van der Waals surface area contributed by atoms with Crippen LogP contribution in [0.2, 0.25) is 5.02 Å². The molecule has 21 heavy (non-hydrogen) atoms. The second-order valence-corrected chi connectivity index (χ2v) is 7.02. The zero-order chi connectivity index (χ0) is 15.3. The van der Waals surface area contributed by atoms with Gasteiger partial charge >= 0.3 is 0 Å². The number of halogens is 1. The van der Waals surface area contributed by atoms with Crippen LogP contribution in [0.15, 0.2) is 24.3 Å². The van der Waals surface area contributed by atoms with Crippen LogP contribution in [0.5, 0.6) is 0 Å². The van der Waals surface area contributed by atoms with Gasteiger partial charge < -0.3 is 5.32 Å². The van der Waals surface area contributed by atoms with Gasteiger partial charge in [-0.15, -0.1) is 0 Å². The molecule has 118 valence electrons. The van der Waals surface area contributed by atoms with Gasteiger partial charge in [0.05, 0.1) is 0 Å². The minimum absolute atomic E-state index is 0.363. The standard InChI is InChI=1S/C18H29ClN2/c1-4-9-18(10-12-20-13-11-18)14-21(3)15(2)16-7-5-6-8-17(16)19/h5-8,15,20H,4,9-14H2,1-3H3. The summed E-state index contributed by atoms with van der Waals surface area (Å²) in [4.78, 5) is 2.49. The van der Waals surface area contributed by atoms with Gasteiger partial charge in [-0.3, -0.25) is 4.90 Å². The quantitative estimate of drug-likeness (QED) is 0.832. The van der Waals surface area contributed by atoms with E-state index in [4.69, 9.17) is 11.6 Å². The molecule has 0 radical (unpaired) electrons. The van der Waals surface area contributed by atoms with Gasteiger partial charge in [0.1, 0.15) is 0 Å². The summed E-state index contributed by atoms with van der Waals surface area (Å²) in [7, 11) is 2.24. The van der Waals surface area contributed by atoms with Gasteiger partial charge in [-0.25, -0.2) is 0 Å². The fourth-order valence-electron chi connectivity index (χ4n) is 3.69. The highest BCUT2D eigenvalue weighted by Crippen LogP contribution is 2.37. The van der Waals surface area contributed by atoms with Crippen molar-refractivity contribution in [2.45, 2.75) is 45.6 Å². The van der Waals surface area contributed by atoms with E-state index in [1.54, 1.807) is 0 Å². The Kier molecular flexibility index (Phi) is 6.09. The van der Waals surface area contributed by atoms with E-state index in [9.17, 15) is 0 Å². The Morgan fingerprint density at radius 1 is 1.29 bits per heavy atom. The SMILES string of the molecule is CCCC1(CN(C)C(C)c2ccccc2Cl)CCNCC1. The van der Waals surface area contributed by atoms with Crippen molar-refractivity contribution in [1.82, 2.24) is 10.2 Å². The van der Waals surface area contributed by atoms with E-state index in [1.807, 2.05) is 12.1 Å². The minimum Gasteiger partial charge on any atom is -0.317 e. The number of hydrogen-bond acceptors (Lipinski definition) is 2. The fourth-order valence-corrected chi connectivity index (χ4v) is 3.99. The largest absolute Gasteiger partial charge is 0.317 e. The summed E-state index contributed by atoms with van der Waals surface area (Å²) in [5.41, 5.74) is 1.71. The molecule has 2 nitrogen and oxygen atoms in total. The summed E-state index contributed by atoms with van der Waals surface area (Å²) in [5, 5.41) is 4.38. The Labute approximate surface area is 134 Å². The molecule has 1 N–H and O–H groups in total. The summed E-state index contributed by atoms with van der Waals surface area (Å²) < 4.78 is 0. The lowest BCUT2D eigenvalue weighted by molar-refractivity contribution is 0.0955. The predicted octanol–water partition coefficient (Wildman–Crippen LogP) is 4.50. The van der Waals surface area contributed by atoms with Gasteiger partial charge in [0.25, 0.3) is 0 Å².